The van der Waals surface area contributed by atoms with E-state index in [0.29, 0.717) is 11.8 Å². The third kappa shape index (κ3) is 2.58. The Labute approximate surface area is 123 Å². The largest absolute Gasteiger partial charge is 0.326 e. The van der Waals surface area contributed by atoms with Gasteiger partial charge in [-0.15, -0.1) is 0 Å². The number of carbonyl (C=O) groups excluding carboxylic acids is 1. The topological polar surface area (TPSA) is 29.1 Å². The molecule has 0 saturated heterocycles. The van der Waals surface area contributed by atoms with Crippen LogP contribution in [0.4, 0.5) is 5.69 Å². The van der Waals surface area contributed by atoms with E-state index in [1.165, 1.54) is 25.7 Å². The van der Waals surface area contributed by atoms with Gasteiger partial charge in [0.2, 0.25) is 5.91 Å². The van der Waals surface area contributed by atoms with Crippen LogP contribution in [0.5, 0.6) is 0 Å². The highest BCUT2D eigenvalue weighted by atomic mass is 79.9. The van der Waals surface area contributed by atoms with Crippen LogP contribution in [0.2, 0.25) is 0 Å². The average molecular weight is 322 g/mol. The van der Waals surface area contributed by atoms with Crippen molar-refractivity contribution in [1.82, 2.24) is 0 Å². The van der Waals surface area contributed by atoms with Crippen molar-refractivity contribution < 1.29 is 4.79 Å². The molecule has 2 saturated carbocycles. The van der Waals surface area contributed by atoms with Crippen LogP contribution in [0.15, 0.2) is 24.3 Å². The van der Waals surface area contributed by atoms with Gasteiger partial charge in [-0.1, -0.05) is 47.0 Å². The first-order valence-corrected chi connectivity index (χ1v) is 8.14. The van der Waals surface area contributed by atoms with Crippen LogP contribution in [0.3, 0.4) is 0 Å². The van der Waals surface area contributed by atoms with E-state index in [1.54, 1.807) is 0 Å². The predicted molar refractivity (Wildman–Crippen MR) is 81.4 cm³/mol. The number of nitrogens with one attached hydrogen (secondary N) is 1. The van der Waals surface area contributed by atoms with Crippen molar-refractivity contribution in [2.24, 2.45) is 17.8 Å². The maximum absolute atomic E-state index is 12.4. The minimum absolute atomic E-state index is 0.234. The molecule has 0 spiro atoms. The van der Waals surface area contributed by atoms with E-state index in [4.69, 9.17) is 0 Å². The summed E-state index contributed by atoms with van der Waals surface area (Å²) in [5.74, 6) is 1.85. The molecule has 102 valence electrons. The van der Waals surface area contributed by atoms with Gasteiger partial charge in [0.1, 0.15) is 0 Å². The molecule has 3 rings (SSSR count). The monoisotopic (exact) mass is 321 g/mol. The maximum atomic E-state index is 12.4. The van der Waals surface area contributed by atoms with Crippen molar-refractivity contribution in [3.63, 3.8) is 0 Å². The standard InChI is InChI=1S/C16H20BrNO/c1-10(17)11-6-4-5-9-14(11)18-16(19)15-12-7-2-3-8-13(12)15/h4-6,9-10,12-13,15H,2-3,7-8H2,1H3,(H,18,19). The molecule has 3 unspecified atom stereocenters. The van der Waals surface area contributed by atoms with E-state index in [1.807, 2.05) is 18.2 Å². The molecule has 1 N–H and O–H groups in total. The molecule has 3 atom stereocenters. The number of alkyl halides is 1. The first kappa shape index (κ1) is 13.2. The molecule has 0 aromatic heterocycles. The zero-order valence-corrected chi connectivity index (χ0v) is 12.8. The SMILES string of the molecule is CC(Br)c1ccccc1NC(=O)C1C2CCCCC21. The van der Waals surface area contributed by atoms with Gasteiger partial charge in [-0.3, -0.25) is 4.79 Å². The third-order valence-electron chi connectivity index (χ3n) is 4.61. The van der Waals surface area contributed by atoms with Gasteiger partial charge >= 0.3 is 0 Å². The molecule has 19 heavy (non-hydrogen) atoms. The Kier molecular flexibility index (Phi) is 3.66. The van der Waals surface area contributed by atoms with E-state index in [-0.39, 0.29) is 16.7 Å². The molecule has 1 aromatic rings. The normalized spacial score (nSPS) is 30.3. The number of para-hydroxylation sites is 1. The Morgan fingerprint density at radius 1 is 1.26 bits per heavy atom. The van der Waals surface area contributed by atoms with Gasteiger partial charge in [-0.25, -0.2) is 0 Å². The number of hydrogen-bond donors (Lipinski definition) is 1. The number of halogens is 1. The van der Waals surface area contributed by atoms with Gasteiger partial charge in [0.15, 0.2) is 0 Å². The van der Waals surface area contributed by atoms with E-state index in [2.05, 4.69) is 34.2 Å². The number of amides is 1. The molecule has 3 heteroatoms. The number of carbonyl (C=O) groups is 1. The van der Waals surface area contributed by atoms with Crippen LogP contribution in [0.25, 0.3) is 0 Å². The molecule has 1 aromatic carbocycles. The van der Waals surface area contributed by atoms with Crippen LogP contribution in [-0.4, -0.2) is 5.91 Å². The molecule has 0 heterocycles. The van der Waals surface area contributed by atoms with Crippen molar-refractivity contribution in [2.45, 2.75) is 37.4 Å². The van der Waals surface area contributed by atoms with E-state index in [9.17, 15) is 4.79 Å². The molecular formula is C16H20BrNO. The van der Waals surface area contributed by atoms with Crippen molar-refractivity contribution in [1.29, 1.82) is 0 Å². The Balaban J connectivity index is 1.70. The summed E-state index contributed by atoms with van der Waals surface area (Å²) in [4.78, 5) is 12.6. The predicted octanol–water partition coefficient (Wildman–Crippen LogP) is 4.52. The second-order valence-electron chi connectivity index (χ2n) is 5.83. The molecule has 0 aliphatic heterocycles. The fourth-order valence-corrected chi connectivity index (χ4v) is 3.95. The van der Waals surface area contributed by atoms with Crippen LogP contribution in [0.1, 0.15) is 43.0 Å². The molecule has 1 amide bonds. The zero-order valence-electron chi connectivity index (χ0n) is 11.2. The summed E-state index contributed by atoms with van der Waals surface area (Å²) in [6, 6.07) is 8.06. The Morgan fingerprint density at radius 2 is 1.89 bits per heavy atom. The van der Waals surface area contributed by atoms with E-state index < -0.39 is 0 Å². The van der Waals surface area contributed by atoms with Gasteiger partial charge in [0.05, 0.1) is 0 Å². The summed E-state index contributed by atoms with van der Waals surface area (Å²) in [5.41, 5.74) is 2.11. The summed E-state index contributed by atoms with van der Waals surface area (Å²) < 4.78 is 0. The number of hydrogen-bond acceptors (Lipinski definition) is 1. The number of benzene rings is 1. The molecule has 2 aliphatic carbocycles. The maximum Gasteiger partial charge on any atom is 0.228 e. The number of fused-ring (bicyclic) bond motifs is 1. The van der Waals surface area contributed by atoms with Gasteiger partial charge in [0.25, 0.3) is 0 Å². The molecule has 2 fully saturated rings. The fraction of sp³-hybridized carbons (Fsp3) is 0.562. The lowest BCUT2D eigenvalue weighted by Crippen LogP contribution is -2.16. The third-order valence-corrected chi connectivity index (χ3v) is 5.10. The molecule has 2 aliphatic rings. The van der Waals surface area contributed by atoms with Crippen LogP contribution in [-0.2, 0) is 4.79 Å². The van der Waals surface area contributed by atoms with Gasteiger partial charge in [-0.05, 0) is 43.2 Å². The first-order valence-electron chi connectivity index (χ1n) is 7.22. The van der Waals surface area contributed by atoms with Gasteiger partial charge in [-0.2, -0.15) is 0 Å². The second-order valence-corrected chi connectivity index (χ2v) is 7.20. The fourth-order valence-electron chi connectivity index (χ4n) is 3.55. The highest BCUT2D eigenvalue weighted by molar-refractivity contribution is 9.09. The van der Waals surface area contributed by atoms with Crippen LogP contribution < -0.4 is 5.32 Å². The van der Waals surface area contributed by atoms with Gasteiger partial charge in [0, 0.05) is 16.4 Å². The molecule has 2 nitrogen and oxygen atoms in total. The summed E-state index contributed by atoms with van der Waals surface area (Å²) >= 11 is 3.59. The highest BCUT2D eigenvalue weighted by Gasteiger charge is 2.54. The van der Waals surface area contributed by atoms with Crippen molar-refractivity contribution in [3.05, 3.63) is 29.8 Å². The highest BCUT2D eigenvalue weighted by Crippen LogP contribution is 2.55. The molecular weight excluding hydrogens is 302 g/mol. The summed E-state index contributed by atoms with van der Waals surface area (Å²) in [6.07, 6.45) is 5.11. The first-order chi connectivity index (χ1) is 9.18. The summed E-state index contributed by atoms with van der Waals surface area (Å²) in [6.45, 7) is 2.09. The lowest BCUT2D eigenvalue weighted by molar-refractivity contribution is -0.117. The van der Waals surface area contributed by atoms with Crippen molar-refractivity contribution in [3.8, 4) is 0 Å². The minimum atomic E-state index is 0.234. The summed E-state index contributed by atoms with van der Waals surface area (Å²) in [5, 5.41) is 3.14. The van der Waals surface area contributed by atoms with Gasteiger partial charge < -0.3 is 5.32 Å². The van der Waals surface area contributed by atoms with Crippen LogP contribution >= 0.6 is 15.9 Å². The van der Waals surface area contributed by atoms with E-state index >= 15 is 0 Å². The summed E-state index contributed by atoms with van der Waals surface area (Å²) in [7, 11) is 0. The average Bonchev–Trinajstić information content (AvgIpc) is 3.13. The lowest BCUT2D eigenvalue weighted by atomic mass is 10.0. The Hall–Kier alpha value is -0.830. The van der Waals surface area contributed by atoms with E-state index in [0.717, 1.165) is 11.3 Å². The number of anilines is 1. The smallest absolute Gasteiger partial charge is 0.228 e. The van der Waals surface area contributed by atoms with Crippen molar-refractivity contribution >= 4 is 27.5 Å². The van der Waals surface area contributed by atoms with Crippen molar-refractivity contribution in [2.75, 3.05) is 5.32 Å². The zero-order chi connectivity index (χ0) is 13.4. The molecule has 0 radical (unpaired) electrons. The molecule has 0 bridgehead atoms. The number of rotatable bonds is 3. The Morgan fingerprint density at radius 3 is 2.53 bits per heavy atom. The van der Waals surface area contributed by atoms with Crippen LogP contribution in [0, 0.1) is 17.8 Å². The minimum Gasteiger partial charge on any atom is -0.326 e. The second kappa shape index (κ2) is 5.28. The lowest BCUT2D eigenvalue weighted by Gasteiger charge is -2.12. The Bertz CT molecular complexity index is 473. The quantitative estimate of drug-likeness (QED) is 0.815.